The quantitative estimate of drug-likeness (QED) is 0.767. The molecule has 82 valence electrons. The number of hydrogen-bond donors (Lipinski definition) is 0. The van der Waals surface area contributed by atoms with Crippen LogP contribution >= 0.6 is 0 Å². The number of benzene rings is 1. The third-order valence-electron chi connectivity index (χ3n) is 1.87. The molecule has 0 spiro atoms. The normalized spacial score (nSPS) is 11.4. The number of carbonyl (C=O) groups is 1. The van der Waals surface area contributed by atoms with Gasteiger partial charge in [-0.3, -0.25) is 0 Å². The van der Waals surface area contributed by atoms with Crippen molar-refractivity contribution in [1.82, 2.24) is 0 Å². The van der Waals surface area contributed by atoms with Crippen LogP contribution in [-0.4, -0.2) is 5.97 Å². The van der Waals surface area contributed by atoms with Crippen molar-refractivity contribution in [3.05, 3.63) is 35.4 Å². The second-order valence-electron chi connectivity index (χ2n) is 3.07. The minimum Gasteiger partial charge on any atom is -0.550 e. The Morgan fingerprint density at radius 2 is 2.00 bits per heavy atom. The van der Waals surface area contributed by atoms with Gasteiger partial charge < -0.3 is 9.90 Å². The predicted molar refractivity (Wildman–Crippen MR) is 44.8 cm³/mol. The number of aryl methyl sites for hydroxylation is 1. The molecule has 0 radical (unpaired) electrons. The van der Waals surface area contributed by atoms with E-state index in [4.69, 9.17) is 0 Å². The molecule has 0 fully saturated rings. The average Bonchev–Trinajstić information content (AvgIpc) is 2.14. The summed E-state index contributed by atoms with van der Waals surface area (Å²) in [5, 5.41) is 10.1. The summed E-state index contributed by atoms with van der Waals surface area (Å²) in [7, 11) is 0. The topological polar surface area (TPSA) is 40.1 Å². The summed E-state index contributed by atoms with van der Waals surface area (Å²) in [5.74, 6) is -1.27. The van der Waals surface area contributed by atoms with Crippen molar-refractivity contribution < 1.29 is 23.1 Å². The zero-order chi connectivity index (χ0) is 11.5. The molecule has 0 bridgehead atoms. The van der Waals surface area contributed by atoms with E-state index in [1.54, 1.807) is 0 Å². The largest absolute Gasteiger partial charge is 0.550 e. The van der Waals surface area contributed by atoms with Gasteiger partial charge in [0.1, 0.15) is 0 Å². The number of carboxylic acid groups (broad SMARTS) is 1. The highest BCUT2D eigenvalue weighted by atomic mass is 19.4. The van der Waals surface area contributed by atoms with Crippen LogP contribution in [0.4, 0.5) is 13.2 Å². The summed E-state index contributed by atoms with van der Waals surface area (Å²) in [6, 6.07) is 4.61. The Balaban J connectivity index is 2.79. The summed E-state index contributed by atoms with van der Waals surface area (Å²) in [5.41, 5.74) is -0.424. The maximum Gasteiger partial charge on any atom is 0.416 e. The number of carboxylic acids is 1. The van der Waals surface area contributed by atoms with E-state index in [9.17, 15) is 23.1 Å². The van der Waals surface area contributed by atoms with E-state index in [0.717, 1.165) is 12.1 Å². The highest BCUT2D eigenvalue weighted by Gasteiger charge is 2.30. The molecule has 0 N–H and O–H groups in total. The molecule has 0 saturated carbocycles. The Hall–Kier alpha value is -1.52. The van der Waals surface area contributed by atoms with Gasteiger partial charge in [0.05, 0.1) is 5.56 Å². The van der Waals surface area contributed by atoms with Crippen LogP contribution in [-0.2, 0) is 17.4 Å². The molecule has 5 heteroatoms. The lowest BCUT2D eigenvalue weighted by Crippen LogP contribution is -2.22. The number of alkyl halides is 3. The van der Waals surface area contributed by atoms with E-state index in [1.165, 1.54) is 12.1 Å². The van der Waals surface area contributed by atoms with Crippen molar-refractivity contribution in [3.63, 3.8) is 0 Å². The van der Waals surface area contributed by atoms with E-state index in [1.807, 2.05) is 0 Å². The predicted octanol–water partition coefficient (Wildman–Crippen LogP) is 1.39. The van der Waals surface area contributed by atoms with Crippen molar-refractivity contribution in [3.8, 4) is 0 Å². The molecule has 0 aliphatic heterocycles. The van der Waals surface area contributed by atoms with E-state index < -0.39 is 17.7 Å². The zero-order valence-electron chi connectivity index (χ0n) is 7.67. The first-order valence-electron chi connectivity index (χ1n) is 4.25. The number of halogens is 3. The van der Waals surface area contributed by atoms with Gasteiger partial charge in [-0.2, -0.15) is 13.2 Å². The average molecular weight is 217 g/mol. The summed E-state index contributed by atoms with van der Waals surface area (Å²) in [6.07, 6.45) is -4.62. The Bertz CT molecular complexity index is 358. The van der Waals surface area contributed by atoms with Crippen LogP contribution in [0.15, 0.2) is 24.3 Å². The van der Waals surface area contributed by atoms with E-state index in [0.29, 0.717) is 5.56 Å². The molecule has 1 aromatic rings. The molecule has 0 heterocycles. The fourth-order valence-electron chi connectivity index (χ4n) is 1.15. The molecule has 0 unspecified atom stereocenters. The second-order valence-corrected chi connectivity index (χ2v) is 3.07. The van der Waals surface area contributed by atoms with Crippen LogP contribution in [0.5, 0.6) is 0 Å². The number of carbonyl (C=O) groups excluding carboxylic acids is 1. The number of aliphatic carboxylic acids is 1. The van der Waals surface area contributed by atoms with Crippen LogP contribution < -0.4 is 5.11 Å². The van der Waals surface area contributed by atoms with Crippen LogP contribution in [0.25, 0.3) is 0 Å². The van der Waals surface area contributed by atoms with Crippen LogP contribution in [0, 0.1) is 0 Å². The molecular weight excluding hydrogens is 209 g/mol. The van der Waals surface area contributed by atoms with Gasteiger partial charge in [-0.1, -0.05) is 18.2 Å². The third kappa shape index (κ3) is 3.61. The van der Waals surface area contributed by atoms with Gasteiger partial charge in [0, 0.05) is 5.97 Å². The molecule has 1 rings (SSSR count). The maximum absolute atomic E-state index is 12.2. The lowest BCUT2D eigenvalue weighted by Gasteiger charge is -2.08. The van der Waals surface area contributed by atoms with Gasteiger partial charge in [0.15, 0.2) is 0 Å². The lowest BCUT2D eigenvalue weighted by molar-refractivity contribution is -0.305. The Labute approximate surface area is 84.3 Å². The van der Waals surface area contributed by atoms with Gasteiger partial charge in [-0.15, -0.1) is 0 Å². The molecule has 0 aliphatic rings. The second kappa shape index (κ2) is 4.33. The van der Waals surface area contributed by atoms with E-state index in [2.05, 4.69) is 0 Å². The Morgan fingerprint density at radius 1 is 1.33 bits per heavy atom. The fraction of sp³-hybridized carbons (Fsp3) is 0.300. The molecule has 0 atom stereocenters. The molecule has 0 amide bonds. The van der Waals surface area contributed by atoms with Crippen LogP contribution in [0.2, 0.25) is 0 Å². The summed E-state index contributed by atoms with van der Waals surface area (Å²) >= 11 is 0. The SMILES string of the molecule is O=C([O-])CCc1cccc(C(F)(F)F)c1. The maximum atomic E-state index is 12.2. The molecule has 0 aromatic heterocycles. The van der Waals surface area contributed by atoms with Gasteiger partial charge in [-0.25, -0.2) is 0 Å². The first-order valence-corrected chi connectivity index (χ1v) is 4.25. The minimum atomic E-state index is -4.39. The van der Waals surface area contributed by atoms with Gasteiger partial charge in [0.2, 0.25) is 0 Å². The smallest absolute Gasteiger partial charge is 0.416 e. The summed E-state index contributed by atoms with van der Waals surface area (Å²) in [4.78, 5) is 10.1. The number of rotatable bonds is 3. The molecule has 0 saturated heterocycles. The van der Waals surface area contributed by atoms with Gasteiger partial charge in [-0.05, 0) is 24.5 Å². The Morgan fingerprint density at radius 3 is 2.53 bits per heavy atom. The van der Waals surface area contributed by atoms with Crippen molar-refractivity contribution in [2.45, 2.75) is 19.0 Å². The fourth-order valence-corrected chi connectivity index (χ4v) is 1.15. The highest BCUT2D eigenvalue weighted by Crippen LogP contribution is 2.29. The minimum absolute atomic E-state index is 0.0479. The summed E-state index contributed by atoms with van der Waals surface area (Å²) < 4.78 is 36.7. The number of hydrogen-bond acceptors (Lipinski definition) is 2. The van der Waals surface area contributed by atoms with E-state index >= 15 is 0 Å². The Kier molecular flexibility index (Phi) is 3.34. The lowest BCUT2D eigenvalue weighted by atomic mass is 10.1. The molecule has 1 aromatic carbocycles. The van der Waals surface area contributed by atoms with Crippen molar-refractivity contribution >= 4 is 5.97 Å². The van der Waals surface area contributed by atoms with Gasteiger partial charge >= 0.3 is 6.18 Å². The van der Waals surface area contributed by atoms with E-state index in [-0.39, 0.29) is 12.8 Å². The van der Waals surface area contributed by atoms with Gasteiger partial charge in [0.25, 0.3) is 0 Å². The highest BCUT2D eigenvalue weighted by molar-refractivity contribution is 5.64. The van der Waals surface area contributed by atoms with Crippen molar-refractivity contribution in [2.24, 2.45) is 0 Å². The first-order chi connectivity index (χ1) is 6.89. The molecule has 2 nitrogen and oxygen atoms in total. The molecule has 15 heavy (non-hydrogen) atoms. The molecular formula is C10H8F3O2-. The first kappa shape index (κ1) is 11.6. The van der Waals surface area contributed by atoms with Crippen molar-refractivity contribution in [1.29, 1.82) is 0 Å². The summed E-state index contributed by atoms with van der Waals surface area (Å²) in [6.45, 7) is 0. The van der Waals surface area contributed by atoms with Crippen LogP contribution in [0.1, 0.15) is 17.5 Å². The molecule has 0 aliphatic carbocycles. The van der Waals surface area contributed by atoms with Crippen molar-refractivity contribution in [2.75, 3.05) is 0 Å². The van der Waals surface area contributed by atoms with Crippen LogP contribution in [0.3, 0.4) is 0 Å². The monoisotopic (exact) mass is 217 g/mol. The third-order valence-corrected chi connectivity index (χ3v) is 1.87. The zero-order valence-corrected chi connectivity index (χ0v) is 7.67. The standard InChI is InChI=1S/C10H9F3O2/c11-10(12,13)8-3-1-2-7(6-8)4-5-9(14)15/h1-3,6H,4-5H2,(H,14,15)/p-1.